The Labute approximate surface area is 201 Å². The third kappa shape index (κ3) is 4.82. The van der Waals surface area contributed by atoms with Gasteiger partial charge in [-0.3, -0.25) is 0 Å². The van der Waals surface area contributed by atoms with Gasteiger partial charge < -0.3 is 0 Å². The van der Waals surface area contributed by atoms with Crippen LogP contribution in [0.5, 0.6) is 0 Å². The molecule has 0 fully saturated rings. The van der Waals surface area contributed by atoms with Crippen molar-refractivity contribution in [2.75, 3.05) is 0 Å². The molecule has 0 aliphatic heterocycles. The molecule has 0 saturated heterocycles. The average Bonchev–Trinajstić information content (AvgIpc) is 2.93. The summed E-state index contributed by atoms with van der Waals surface area (Å²) in [4.78, 5) is 0. The van der Waals surface area contributed by atoms with E-state index in [0.29, 0.717) is 0 Å². The molecule has 34 heavy (non-hydrogen) atoms. The Bertz CT molecular complexity index is 1300. The van der Waals surface area contributed by atoms with Crippen molar-refractivity contribution in [1.82, 2.24) is 0 Å². The molecule has 0 amide bonds. The highest BCUT2D eigenvalue weighted by Crippen LogP contribution is 2.34. The standard InChI is InChI=1S/C18H12.C16H14/c1-2-8-14-13(7-1)15-9-3-4-11-17(15)18-12-6-5-10-16(14)18;1-3-9-15(10-4-1)13-7-8-14-16-11-5-2-6-12-16/h1-12H;1-14H/b;13-7+,14-8+. The second kappa shape index (κ2) is 10.5. The molecular weight excluding hydrogens is 408 g/mol. The van der Waals surface area contributed by atoms with Gasteiger partial charge >= 0.3 is 0 Å². The van der Waals surface area contributed by atoms with Crippen molar-refractivity contribution in [3.63, 3.8) is 0 Å². The largest absolute Gasteiger partial charge is 0.0622 e. The molecule has 0 heterocycles. The van der Waals surface area contributed by atoms with Crippen LogP contribution in [0.4, 0.5) is 0 Å². The number of hydrogen-bond acceptors (Lipinski definition) is 0. The molecule has 0 nitrogen and oxygen atoms in total. The fourth-order valence-electron chi connectivity index (χ4n) is 4.32. The zero-order valence-corrected chi connectivity index (χ0v) is 19.0. The van der Waals surface area contributed by atoms with Gasteiger partial charge in [-0.15, -0.1) is 0 Å². The van der Waals surface area contributed by atoms with Gasteiger partial charge in [0.05, 0.1) is 0 Å². The van der Waals surface area contributed by atoms with Crippen LogP contribution in [0.3, 0.4) is 0 Å². The monoisotopic (exact) mass is 434 g/mol. The molecule has 162 valence electrons. The smallest absolute Gasteiger partial charge is 0.00990 e. The SMILES string of the molecule is C(/C=C/c1ccccc1)=C\c1ccccc1.c1ccc2c(c1)c1ccccc1c1ccccc21. The molecule has 0 heteroatoms. The van der Waals surface area contributed by atoms with Crippen LogP contribution in [0.2, 0.25) is 0 Å². The fraction of sp³-hybridized carbons (Fsp3) is 0. The molecule has 0 aliphatic carbocycles. The van der Waals surface area contributed by atoms with Gasteiger partial charge in [0.25, 0.3) is 0 Å². The van der Waals surface area contributed by atoms with Gasteiger partial charge in [-0.2, -0.15) is 0 Å². The van der Waals surface area contributed by atoms with Crippen LogP contribution in [0.15, 0.2) is 146 Å². The molecule has 0 atom stereocenters. The van der Waals surface area contributed by atoms with Crippen molar-refractivity contribution in [3.05, 3.63) is 157 Å². The number of rotatable bonds is 3. The van der Waals surface area contributed by atoms with E-state index in [1.54, 1.807) is 0 Å². The van der Waals surface area contributed by atoms with Crippen LogP contribution in [-0.4, -0.2) is 0 Å². The molecule has 6 aromatic rings. The summed E-state index contributed by atoms with van der Waals surface area (Å²) >= 11 is 0. The van der Waals surface area contributed by atoms with Gasteiger partial charge in [-0.25, -0.2) is 0 Å². The first-order valence-electron chi connectivity index (χ1n) is 11.6. The summed E-state index contributed by atoms with van der Waals surface area (Å²) in [6, 6.07) is 46.5. The molecular formula is C34H26. The Morgan fingerprint density at radius 1 is 0.265 bits per heavy atom. The topological polar surface area (TPSA) is 0 Å². The average molecular weight is 435 g/mol. The van der Waals surface area contributed by atoms with Gasteiger partial charge in [-0.05, 0) is 43.4 Å². The van der Waals surface area contributed by atoms with E-state index in [0.717, 1.165) is 0 Å². The van der Waals surface area contributed by atoms with Crippen molar-refractivity contribution >= 4 is 44.5 Å². The van der Waals surface area contributed by atoms with E-state index in [2.05, 4.69) is 121 Å². The molecule has 6 aromatic carbocycles. The van der Waals surface area contributed by atoms with Crippen LogP contribution >= 0.6 is 0 Å². The minimum Gasteiger partial charge on any atom is -0.0622 e. The Hall–Kier alpha value is -4.42. The molecule has 0 saturated carbocycles. The molecule has 6 rings (SSSR count). The number of allylic oxidation sites excluding steroid dienone is 2. The highest BCUT2D eigenvalue weighted by atomic mass is 14.1. The maximum atomic E-state index is 2.21. The molecule has 0 radical (unpaired) electrons. The summed E-state index contributed by atoms with van der Waals surface area (Å²) in [7, 11) is 0. The van der Waals surface area contributed by atoms with Gasteiger partial charge in [0, 0.05) is 0 Å². The molecule has 0 unspecified atom stereocenters. The van der Waals surface area contributed by atoms with Crippen LogP contribution in [0.1, 0.15) is 11.1 Å². The lowest BCUT2D eigenvalue weighted by Crippen LogP contribution is -1.81. The quantitative estimate of drug-likeness (QED) is 0.192. The van der Waals surface area contributed by atoms with E-state index in [4.69, 9.17) is 0 Å². The Kier molecular flexibility index (Phi) is 6.59. The van der Waals surface area contributed by atoms with Crippen LogP contribution in [0.25, 0.3) is 44.5 Å². The highest BCUT2D eigenvalue weighted by Gasteiger charge is 2.06. The summed E-state index contributed by atoms with van der Waals surface area (Å²) in [5, 5.41) is 8.04. The molecule has 0 spiro atoms. The maximum Gasteiger partial charge on any atom is -0.00990 e. The van der Waals surface area contributed by atoms with Crippen molar-refractivity contribution in [2.24, 2.45) is 0 Å². The van der Waals surface area contributed by atoms with Gasteiger partial charge in [0.2, 0.25) is 0 Å². The Morgan fingerprint density at radius 2 is 0.500 bits per heavy atom. The first kappa shape index (κ1) is 21.4. The van der Waals surface area contributed by atoms with Gasteiger partial charge in [-0.1, -0.05) is 158 Å². The predicted octanol–water partition coefficient (Wildman–Crippen LogP) is 9.56. The van der Waals surface area contributed by atoms with Crippen LogP contribution in [-0.2, 0) is 0 Å². The Morgan fingerprint density at radius 3 is 0.765 bits per heavy atom. The van der Waals surface area contributed by atoms with Crippen molar-refractivity contribution < 1.29 is 0 Å². The van der Waals surface area contributed by atoms with E-state index in [1.165, 1.54) is 43.4 Å². The summed E-state index contributed by atoms with van der Waals surface area (Å²) in [5.74, 6) is 0. The van der Waals surface area contributed by atoms with Crippen molar-refractivity contribution in [2.45, 2.75) is 0 Å². The molecule has 0 N–H and O–H groups in total. The number of hydrogen-bond donors (Lipinski definition) is 0. The van der Waals surface area contributed by atoms with E-state index in [-0.39, 0.29) is 0 Å². The third-order valence-corrected chi connectivity index (χ3v) is 5.94. The summed E-state index contributed by atoms with van der Waals surface area (Å²) in [5.41, 5.74) is 2.44. The second-order valence-electron chi connectivity index (χ2n) is 8.18. The zero-order valence-electron chi connectivity index (χ0n) is 19.0. The molecule has 0 bridgehead atoms. The van der Waals surface area contributed by atoms with E-state index in [9.17, 15) is 0 Å². The third-order valence-electron chi connectivity index (χ3n) is 5.94. The first-order valence-corrected chi connectivity index (χ1v) is 11.6. The highest BCUT2D eigenvalue weighted by molar-refractivity contribution is 6.25. The van der Waals surface area contributed by atoms with Crippen molar-refractivity contribution in [3.8, 4) is 0 Å². The first-order chi connectivity index (χ1) is 16.9. The predicted molar refractivity (Wildman–Crippen MR) is 150 cm³/mol. The summed E-state index contributed by atoms with van der Waals surface area (Å²) < 4.78 is 0. The van der Waals surface area contributed by atoms with E-state index >= 15 is 0 Å². The summed E-state index contributed by atoms with van der Waals surface area (Å²) in [6.07, 6.45) is 8.31. The van der Waals surface area contributed by atoms with Gasteiger partial charge in [0.15, 0.2) is 0 Å². The minimum atomic E-state index is 1.22. The van der Waals surface area contributed by atoms with Crippen LogP contribution < -0.4 is 0 Å². The molecule has 0 aromatic heterocycles. The lowest BCUT2D eigenvalue weighted by Gasteiger charge is -2.09. The lowest BCUT2D eigenvalue weighted by molar-refractivity contribution is 1.65. The van der Waals surface area contributed by atoms with Gasteiger partial charge in [0.1, 0.15) is 0 Å². The number of fused-ring (bicyclic) bond motifs is 6. The second-order valence-corrected chi connectivity index (χ2v) is 8.18. The summed E-state index contributed by atoms with van der Waals surface area (Å²) in [6.45, 7) is 0. The fourth-order valence-corrected chi connectivity index (χ4v) is 4.32. The Balaban J connectivity index is 0.000000143. The van der Waals surface area contributed by atoms with E-state index in [1.807, 2.05) is 36.4 Å². The minimum absolute atomic E-state index is 1.22. The van der Waals surface area contributed by atoms with E-state index < -0.39 is 0 Å². The zero-order chi connectivity index (χ0) is 23.0. The van der Waals surface area contributed by atoms with Crippen molar-refractivity contribution in [1.29, 1.82) is 0 Å². The number of benzene rings is 6. The van der Waals surface area contributed by atoms with Crippen LogP contribution in [0, 0.1) is 0 Å². The molecule has 0 aliphatic rings. The normalized spacial score (nSPS) is 11.3. The maximum absolute atomic E-state index is 2.21. The lowest BCUT2D eigenvalue weighted by atomic mass is 9.95.